The maximum atomic E-state index is 6.24. The second-order valence-electron chi connectivity index (χ2n) is 6.56. The van der Waals surface area contributed by atoms with Crippen molar-refractivity contribution in [2.75, 3.05) is 26.9 Å². The molecule has 3 heteroatoms. The van der Waals surface area contributed by atoms with Crippen LogP contribution in [0.4, 0.5) is 0 Å². The first-order valence-electron chi connectivity index (χ1n) is 9.08. The van der Waals surface area contributed by atoms with Gasteiger partial charge in [-0.05, 0) is 51.0 Å². The van der Waals surface area contributed by atoms with Gasteiger partial charge in [-0.15, -0.1) is 0 Å². The van der Waals surface area contributed by atoms with Crippen molar-refractivity contribution in [2.24, 2.45) is 11.8 Å². The van der Waals surface area contributed by atoms with Crippen molar-refractivity contribution in [1.82, 2.24) is 5.32 Å². The fraction of sp³-hybridized carbons (Fsp3) is 1.00. The van der Waals surface area contributed by atoms with Crippen LogP contribution in [0, 0.1) is 11.8 Å². The summed E-state index contributed by atoms with van der Waals surface area (Å²) in [6.45, 7) is 9.46. The van der Waals surface area contributed by atoms with E-state index in [0.29, 0.717) is 18.1 Å². The van der Waals surface area contributed by atoms with Gasteiger partial charge in [0.05, 0.1) is 6.10 Å². The number of hydrogen-bond acceptors (Lipinski definition) is 3. The van der Waals surface area contributed by atoms with Gasteiger partial charge < -0.3 is 14.8 Å². The molecule has 0 saturated heterocycles. The highest BCUT2D eigenvalue weighted by Gasteiger charge is 2.33. The zero-order valence-electron chi connectivity index (χ0n) is 14.7. The normalized spacial score (nSPS) is 21.1. The van der Waals surface area contributed by atoms with Gasteiger partial charge in [0, 0.05) is 26.4 Å². The SMILES string of the molecule is CCCNC(C(C)CCOC)C(OCC)C1CCCCC1. The molecule has 1 rings (SSSR count). The van der Waals surface area contributed by atoms with E-state index in [4.69, 9.17) is 9.47 Å². The van der Waals surface area contributed by atoms with Crippen molar-refractivity contribution in [2.45, 2.75) is 77.9 Å². The first kappa shape index (κ1) is 18.9. The molecule has 126 valence electrons. The van der Waals surface area contributed by atoms with Crippen LogP contribution < -0.4 is 5.32 Å². The molecule has 3 unspecified atom stereocenters. The van der Waals surface area contributed by atoms with Crippen LogP contribution in [0.5, 0.6) is 0 Å². The Morgan fingerprint density at radius 1 is 1.14 bits per heavy atom. The summed E-state index contributed by atoms with van der Waals surface area (Å²) in [5.41, 5.74) is 0. The molecular weight excluding hydrogens is 262 g/mol. The minimum atomic E-state index is 0.369. The van der Waals surface area contributed by atoms with Gasteiger partial charge in [0.2, 0.25) is 0 Å². The molecule has 1 fully saturated rings. The number of methoxy groups -OCH3 is 1. The van der Waals surface area contributed by atoms with E-state index in [0.717, 1.165) is 32.1 Å². The van der Waals surface area contributed by atoms with Crippen LogP contribution in [0.1, 0.15) is 65.7 Å². The molecule has 21 heavy (non-hydrogen) atoms. The van der Waals surface area contributed by atoms with Crippen molar-refractivity contribution in [3.8, 4) is 0 Å². The Morgan fingerprint density at radius 2 is 1.86 bits per heavy atom. The molecule has 3 nitrogen and oxygen atoms in total. The molecule has 0 spiro atoms. The van der Waals surface area contributed by atoms with E-state index in [-0.39, 0.29) is 0 Å². The molecule has 1 aliphatic rings. The molecule has 0 heterocycles. The Balaban J connectivity index is 2.71. The maximum absolute atomic E-state index is 6.24. The van der Waals surface area contributed by atoms with Gasteiger partial charge in [-0.25, -0.2) is 0 Å². The molecule has 0 aromatic rings. The standard InChI is InChI=1S/C18H37NO2/c1-5-13-19-17(15(3)12-14-20-4)18(21-6-2)16-10-8-7-9-11-16/h15-19H,5-14H2,1-4H3. The Labute approximate surface area is 132 Å². The van der Waals surface area contributed by atoms with Gasteiger partial charge in [0.25, 0.3) is 0 Å². The molecule has 0 aromatic carbocycles. The van der Waals surface area contributed by atoms with Crippen LogP contribution in [-0.2, 0) is 9.47 Å². The van der Waals surface area contributed by atoms with Crippen molar-refractivity contribution >= 4 is 0 Å². The smallest absolute Gasteiger partial charge is 0.0758 e. The minimum absolute atomic E-state index is 0.369. The van der Waals surface area contributed by atoms with Gasteiger partial charge in [-0.2, -0.15) is 0 Å². The van der Waals surface area contributed by atoms with Gasteiger partial charge >= 0.3 is 0 Å². The van der Waals surface area contributed by atoms with Crippen LogP contribution in [-0.4, -0.2) is 39.0 Å². The monoisotopic (exact) mass is 299 g/mol. The summed E-state index contributed by atoms with van der Waals surface area (Å²) in [6, 6.07) is 0.461. The van der Waals surface area contributed by atoms with Crippen molar-refractivity contribution in [1.29, 1.82) is 0 Å². The van der Waals surface area contributed by atoms with E-state index < -0.39 is 0 Å². The topological polar surface area (TPSA) is 30.5 Å². The predicted molar refractivity (Wildman–Crippen MR) is 89.7 cm³/mol. The second kappa shape index (κ2) is 11.4. The summed E-state index contributed by atoms with van der Waals surface area (Å²) in [7, 11) is 1.79. The van der Waals surface area contributed by atoms with Crippen molar-refractivity contribution < 1.29 is 9.47 Å². The van der Waals surface area contributed by atoms with E-state index in [1.165, 1.54) is 38.5 Å². The molecule has 1 saturated carbocycles. The lowest BCUT2D eigenvalue weighted by Crippen LogP contribution is -2.50. The third-order valence-electron chi connectivity index (χ3n) is 4.85. The largest absolute Gasteiger partial charge is 0.385 e. The van der Waals surface area contributed by atoms with E-state index in [1.807, 2.05) is 0 Å². The Kier molecular flexibility index (Phi) is 10.3. The average molecular weight is 299 g/mol. The lowest BCUT2D eigenvalue weighted by Gasteiger charge is -2.39. The van der Waals surface area contributed by atoms with Crippen LogP contribution in [0.2, 0.25) is 0 Å². The zero-order chi connectivity index (χ0) is 15.5. The minimum Gasteiger partial charge on any atom is -0.385 e. The van der Waals surface area contributed by atoms with E-state index >= 15 is 0 Å². The van der Waals surface area contributed by atoms with Crippen molar-refractivity contribution in [3.63, 3.8) is 0 Å². The van der Waals surface area contributed by atoms with Gasteiger partial charge in [0.15, 0.2) is 0 Å². The molecule has 1 aliphatic carbocycles. The molecule has 0 amide bonds. The van der Waals surface area contributed by atoms with Crippen LogP contribution >= 0.6 is 0 Å². The number of rotatable bonds is 11. The van der Waals surface area contributed by atoms with E-state index in [9.17, 15) is 0 Å². The molecule has 0 aromatic heterocycles. The zero-order valence-corrected chi connectivity index (χ0v) is 14.7. The molecule has 0 bridgehead atoms. The summed E-state index contributed by atoms with van der Waals surface area (Å²) in [4.78, 5) is 0. The molecule has 0 aliphatic heterocycles. The van der Waals surface area contributed by atoms with Gasteiger partial charge in [-0.3, -0.25) is 0 Å². The van der Waals surface area contributed by atoms with E-state index in [1.54, 1.807) is 7.11 Å². The highest BCUT2D eigenvalue weighted by molar-refractivity contribution is 4.88. The first-order chi connectivity index (χ1) is 10.2. The summed E-state index contributed by atoms with van der Waals surface area (Å²) in [5, 5.41) is 3.78. The fourth-order valence-electron chi connectivity index (χ4n) is 3.62. The van der Waals surface area contributed by atoms with Crippen LogP contribution in [0.15, 0.2) is 0 Å². The Hall–Kier alpha value is -0.120. The molecule has 0 radical (unpaired) electrons. The van der Waals surface area contributed by atoms with Gasteiger partial charge in [-0.1, -0.05) is 33.1 Å². The third kappa shape index (κ3) is 6.66. The van der Waals surface area contributed by atoms with Crippen molar-refractivity contribution in [3.05, 3.63) is 0 Å². The van der Waals surface area contributed by atoms with Crippen LogP contribution in [0.25, 0.3) is 0 Å². The Morgan fingerprint density at radius 3 is 2.43 bits per heavy atom. The predicted octanol–water partition coefficient (Wildman–Crippen LogP) is 4.01. The fourth-order valence-corrected chi connectivity index (χ4v) is 3.62. The van der Waals surface area contributed by atoms with Gasteiger partial charge in [0.1, 0.15) is 0 Å². The number of nitrogens with one attached hydrogen (secondary N) is 1. The summed E-state index contributed by atoms with van der Waals surface area (Å²) < 4.78 is 11.5. The lowest BCUT2D eigenvalue weighted by atomic mass is 9.79. The number of ether oxygens (including phenoxy) is 2. The lowest BCUT2D eigenvalue weighted by molar-refractivity contribution is -0.0322. The number of hydrogen-bond donors (Lipinski definition) is 1. The second-order valence-corrected chi connectivity index (χ2v) is 6.56. The molecular formula is C18H37NO2. The van der Waals surface area contributed by atoms with Crippen LogP contribution in [0.3, 0.4) is 0 Å². The average Bonchev–Trinajstić information content (AvgIpc) is 2.53. The molecule has 1 N–H and O–H groups in total. The third-order valence-corrected chi connectivity index (χ3v) is 4.85. The summed E-state index contributed by atoms with van der Waals surface area (Å²) in [6.07, 6.45) is 9.49. The molecule has 3 atom stereocenters. The summed E-state index contributed by atoms with van der Waals surface area (Å²) >= 11 is 0. The Bertz CT molecular complexity index is 241. The summed E-state index contributed by atoms with van der Waals surface area (Å²) in [5.74, 6) is 1.33. The highest BCUT2D eigenvalue weighted by atomic mass is 16.5. The highest BCUT2D eigenvalue weighted by Crippen LogP contribution is 2.32. The first-order valence-corrected chi connectivity index (χ1v) is 9.08. The maximum Gasteiger partial charge on any atom is 0.0758 e. The van der Waals surface area contributed by atoms with E-state index in [2.05, 4.69) is 26.1 Å². The quantitative estimate of drug-likeness (QED) is 0.625.